The van der Waals surface area contributed by atoms with Crippen molar-refractivity contribution in [3.8, 4) is 0 Å². The highest BCUT2D eigenvalue weighted by Gasteiger charge is 2.29. The molecule has 0 saturated carbocycles. The first kappa shape index (κ1) is 16.5. The number of rotatable bonds is 4. The van der Waals surface area contributed by atoms with E-state index in [4.69, 9.17) is 4.74 Å². The molecule has 2 aromatic heterocycles. The Hall–Kier alpha value is -1.97. The van der Waals surface area contributed by atoms with Crippen LogP contribution in [0.1, 0.15) is 28.2 Å². The maximum Gasteiger partial charge on any atom is 0.273 e. The van der Waals surface area contributed by atoms with Gasteiger partial charge in [-0.1, -0.05) is 21.9 Å². The van der Waals surface area contributed by atoms with E-state index in [1.54, 1.807) is 24.0 Å². The van der Waals surface area contributed by atoms with Crippen molar-refractivity contribution in [1.29, 1.82) is 0 Å². The number of benzene rings is 1. The number of amides is 1. The van der Waals surface area contributed by atoms with Crippen molar-refractivity contribution in [2.75, 3.05) is 18.1 Å². The van der Waals surface area contributed by atoms with E-state index < -0.39 is 0 Å². The highest BCUT2D eigenvalue weighted by Crippen LogP contribution is 2.32. The molecular formula is C16H15FN4O2S2. The van der Waals surface area contributed by atoms with E-state index in [0.29, 0.717) is 33.6 Å². The summed E-state index contributed by atoms with van der Waals surface area (Å²) in [6.45, 7) is 2.83. The molecule has 130 valence electrons. The maximum atomic E-state index is 14.0. The monoisotopic (exact) mass is 378 g/mol. The zero-order chi connectivity index (χ0) is 17.4. The van der Waals surface area contributed by atoms with E-state index in [9.17, 15) is 9.18 Å². The summed E-state index contributed by atoms with van der Waals surface area (Å²) < 4.78 is 24.2. The predicted octanol–water partition coefficient (Wildman–Crippen LogP) is 3.42. The average Bonchev–Trinajstić information content (AvgIpc) is 3.32. The van der Waals surface area contributed by atoms with Gasteiger partial charge in [0.05, 0.1) is 23.0 Å². The van der Waals surface area contributed by atoms with Crippen LogP contribution in [0.4, 0.5) is 9.52 Å². The number of hydrogen-bond donors (Lipinski definition) is 0. The van der Waals surface area contributed by atoms with Gasteiger partial charge in [0.25, 0.3) is 5.91 Å². The van der Waals surface area contributed by atoms with Crippen molar-refractivity contribution >= 4 is 44.1 Å². The smallest absolute Gasteiger partial charge is 0.273 e. The molecule has 3 aromatic rings. The zero-order valence-electron chi connectivity index (χ0n) is 13.4. The largest absolute Gasteiger partial charge is 0.376 e. The molecule has 4 rings (SSSR count). The molecule has 1 atom stereocenters. The third kappa shape index (κ3) is 3.14. The zero-order valence-corrected chi connectivity index (χ0v) is 15.1. The molecule has 25 heavy (non-hydrogen) atoms. The summed E-state index contributed by atoms with van der Waals surface area (Å²) in [5.41, 5.74) is 0.867. The first-order chi connectivity index (χ1) is 12.1. The molecule has 3 heterocycles. The first-order valence-electron chi connectivity index (χ1n) is 7.91. The number of aromatic nitrogens is 3. The van der Waals surface area contributed by atoms with Crippen molar-refractivity contribution in [2.45, 2.75) is 25.9 Å². The Morgan fingerprint density at radius 1 is 1.48 bits per heavy atom. The van der Waals surface area contributed by atoms with Gasteiger partial charge in [-0.05, 0) is 43.4 Å². The second-order valence-electron chi connectivity index (χ2n) is 5.82. The second kappa shape index (κ2) is 6.74. The molecule has 6 nitrogen and oxygen atoms in total. The van der Waals surface area contributed by atoms with Gasteiger partial charge in [-0.25, -0.2) is 9.37 Å². The molecule has 0 aliphatic carbocycles. The minimum Gasteiger partial charge on any atom is -0.376 e. The number of halogens is 1. The normalized spacial score (nSPS) is 17.3. The summed E-state index contributed by atoms with van der Waals surface area (Å²) in [6.07, 6.45) is 1.83. The molecule has 0 N–H and O–H groups in total. The van der Waals surface area contributed by atoms with E-state index in [1.165, 1.54) is 17.4 Å². The Morgan fingerprint density at radius 2 is 2.36 bits per heavy atom. The Bertz CT molecular complexity index is 920. The number of aryl methyl sites for hydroxylation is 1. The van der Waals surface area contributed by atoms with Crippen LogP contribution >= 0.6 is 22.9 Å². The highest BCUT2D eigenvalue weighted by molar-refractivity contribution is 7.22. The Kier molecular flexibility index (Phi) is 4.45. The minimum absolute atomic E-state index is 0.0398. The average molecular weight is 378 g/mol. The van der Waals surface area contributed by atoms with Crippen LogP contribution in [-0.4, -0.2) is 39.7 Å². The SMILES string of the molecule is Cc1nnsc1C(=O)N(CC1CCCO1)c1nc2c(F)cccc2s1. The van der Waals surface area contributed by atoms with Crippen LogP contribution in [0, 0.1) is 12.7 Å². The minimum atomic E-state index is -0.389. The number of anilines is 1. The molecule has 1 aliphatic heterocycles. The van der Waals surface area contributed by atoms with Crippen LogP contribution < -0.4 is 4.90 Å². The van der Waals surface area contributed by atoms with E-state index in [2.05, 4.69) is 14.6 Å². The van der Waals surface area contributed by atoms with Crippen molar-refractivity contribution < 1.29 is 13.9 Å². The van der Waals surface area contributed by atoms with Crippen molar-refractivity contribution in [3.63, 3.8) is 0 Å². The van der Waals surface area contributed by atoms with Gasteiger partial charge in [0.1, 0.15) is 16.2 Å². The van der Waals surface area contributed by atoms with E-state index in [1.807, 2.05) is 0 Å². The fourth-order valence-electron chi connectivity index (χ4n) is 2.81. The van der Waals surface area contributed by atoms with E-state index >= 15 is 0 Å². The fraction of sp³-hybridized carbons (Fsp3) is 0.375. The summed E-state index contributed by atoms with van der Waals surface area (Å²) >= 11 is 2.35. The van der Waals surface area contributed by atoms with Crippen molar-refractivity contribution in [2.24, 2.45) is 0 Å². The highest BCUT2D eigenvalue weighted by atomic mass is 32.1. The van der Waals surface area contributed by atoms with Crippen LogP contribution in [0.5, 0.6) is 0 Å². The van der Waals surface area contributed by atoms with Gasteiger partial charge in [-0.15, -0.1) is 5.10 Å². The Labute approximate surface area is 151 Å². The van der Waals surface area contributed by atoms with Crippen molar-refractivity contribution in [1.82, 2.24) is 14.6 Å². The summed E-state index contributed by atoms with van der Waals surface area (Å²) in [4.78, 5) is 19.5. The third-order valence-corrected chi connectivity index (χ3v) is 5.95. The topological polar surface area (TPSA) is 68.2 Å². The molecule has 0 bridgehead atoms. The van der Waals surface area contributed by atoms with Gasteiger partial charge < -0.3 is 4.74 Å². The van der Waals surface area contributed by atoms with Crippen LogP contribution in [0.2, 0.25) is 0 Å². The molecule has 1 aromatic carbocycles. The molecule has 1 fully saturated rings. The lowest BCUT2D eigenvalue weighted by Gasteiger charge is -2.22. The van der Waals surface area contributed by atoms with Gasteiger partial charge in [0, 0.05) is 6.61 Å². The number of hydrogen-bond acceptors (Lipinski definition) is 7. The lowest BCUT2D eigenvalue weighted by molar-refractivity contribution is 0.0920. The number of nitrogens with zero attached hydrogens (tertiary/aromatic N) is 4. The molecule has 1 amide bonds. The molecule has 1 aliphatic rings. The quantitative estimate of drug-likeness (QED) is 0.696. The van der Waals surface area contributed by atoms with E-state index in [0.717, 1.165) is 24.4 Å². The predicted molar refractivity (Wildman–Crippen MR) is 94.9 cm³/mol. The van der Waals surface area contributed by atoms with Gasteiger partial charge in [0.15, 0.2) is 5.13 Å². The van der Waals surface area contributed by atoms with Crippen LogP contribution in [-0.2, 0) is 4.74 Å². The summed E-state index contributed by atoms with van der Waals surface area (Å²) in [6, 6.07) is 4.81. The molecule has 9 heteroatoms. The Balaban J connectivity index is 1.74. The third-order valence-electron chi connectivity index (χ3n) is 4.09. The molecule has 0 radical (unpaired) electrons. The number of fused-ring (bicyclic) bond motifs is 1. The molecule has 0 spiro atoms. The summed E-state index contributed by atoms with van der Waals surface area (Å²) in [5.74, 6) is -0.609. The number of ether oxygens (including phenoxy) is 1. The lowest BCUT2D eigenvalue weighted by Crippen LogP contribution is -2.37. The molecule has 1 saturated heterocycles. The van der Waals surface area contributed by atoms with Crippen molar-refractivity contribution in [3.05, 3.63) is 34.6 Å². The lowest BCUT2D eigenvalue weighted by atomic mass is 10.2. The maximum absolute atomic E-state index is 14.0. The number of carbonyl (C=O) groups excluding carboxylic acids is 1. The number of thiazole rings is 1. The van der Waals surface area contributed by atoms with Crippen LogP contribution in [0.25, 0.3) is 10.2 Å². The van der Waals surface area contributed by atoms with Gasteiger partial charge >= 0.3 is 0 Å². The fourth-order valence-corrected chi connectivity index (χ4v) is 4.40. The Morgan fingerprint density at radius 3 is 3.04 bits per heavy atom. The second-order valence-corrected chi connectivity index (χ2v) is 7.58. The first-order valence-corrected chi connectivity index (χ1v) is 9.50. The van der Waals surface area contributed by atoms with E-state index in [-0.39, 0.29) is 23.3 Å². The van der Waals surface area contributed by atoms with Gasteiger partial charge in [-0.3, -0.25) is 9.69 Å². The van der Waals surface area contributed by atoms with Gasteiger partial charge in [-0.2, -0.15) is 0 Å². The summed E-state index contributed by atoms with van der Waals surface area (Å²) in [5, 5.41) is 4.38. The molecular weight excluding hydrogens is 363 g/mol. The van der Waals surface area contributed by atoms with Crippen LogP contribution in [0.15, 0.2) is 18.2 Å². The number of carbonyl (C=O) groups is 1. The standard InChI is InChI=1S/C16H15FN4O2S2/c1-9-14(25-20-19-9)15(22)21(8-10-4-3-7-23-10)16-18-13-11(17)5-2-6-12(13)24-16/h2,5-6,10H,3-4,7-8H2,1H3. The van der Waals surface area contributed by atoms with Crippen LogP contribution in [0.3, 0.4) is 0 Å². The number of para-hydroxylation sites is 1. The molecule has 1 unspecified atom stereocenters. The van der Waals surface area contributed by atoms with Gasteiger partial charge in [0.2, 0.25) is 0 Å². The summed E-state index contributed by atoms with van der Waals surface area (Å²) in [7, 11) is 0.